The van der Waals surface area contributed by atoms with Crippen LogP contribution in [0.1, 0.15) is 134 Å². The molecule has 14 heteroatoms. The Morgan fingerprint density at radius 3 is 2.09 bits per heavy atom. The number of hydrogen-bond acceptors (Lipinski definition) is 11. The number of aliphatic hydroxyl groups is 2. The maximum Gasteiger partial charge on any atom is 0.472 e. The van der Waals surface area contributed by atoms with E-state index in [1.165, 1.54) is 107 Å². The molecule has 3 heterocycles. The number of hydrogen-bond donors (Lipinski definition) is 4. The lowest BCUT2D eigenvalue weighted by Crippen LogP contribution is -2.41. The molecule has 4 rings (SSSR count). The fraction of sp³-hybridized carbons (Fsp3) is 0.675. The van der Waals surface area contributed by atoms with Crippen LogP contribution in [0.3, 0.4) is 0 Å². The molecule has 0 radical (unpaired) electrons. The van der Waals surface area contributed by atoms with Gasteiger partial charge in [-0.05, 0) is 24.1 Å². The van der Waals surface area contributed by atoms with Gasteiger partial charge in [0.25, 0.3) is 0 Å². The first kappa shape index (κ1) is 43.8. The van der Waals surface area contributed by atoms with Crippen molar-refractivity contribution in [2.24, 2.45) is 0 Å². The number of fused-ring (bicyclic) bond motifs is 1. The van der Waals surface area contributed by atoms with Crippen LogP contribution in [0.2, 0.25) is 0 Å². The molecule has 1 aliphatic rings. The molecular formula is C40H62N5O8P. The van der Waals surface area contributed by atoms with Crippen LogP contribution in [0.15, 0.2) is 48.8 Å². The van der Waals surface area contributed by atoms with Gasteiger partial charge in [0.2, 0.25) is 5.60 Å². The van der Waals surface area contributed by atoms with Crippen molar-refractivity contribution in [3.05, 3.63) is 60.0 Å². The topological polar surface area (TPSA) is 195 Å². The molecule has 54 heavy (non-hydrogen) atoms. The molecule has 5 N–H and O–H groups in total. The highest BCUT2D eigenvalue weighted by atomic mass is 31.2. The predicted octanol–water partition coefficient (Wildman–Crippen LogP) is 7.91. The molecule has 13 nitrogen and oxygen atoms in total. The highest BCUT2D eigenvalue weighted by molar-refractivity contribution is 7.47. The lowest BCUT2D eigenvalue weighted by Gasteiger charge is -2.24. The number of unbranched alkanes of at least 4 members (excludes halogenated alkanes) is 16. The third kappa shape index (κ3) is 13.4. The minimum Gasteiger partial charge on any atom is -0.387 e. The summed E-state index contributed by atoms with van der Waals surface area (Å²) in [4.78, 5) is 14.5. The first-order chi connectivity index (χ1) is 26.2. The molecule has 1 aliphatic heterocycles. The molecule has 2 aromatic heterocycles. The van der Waals surface area contributed by atoms with Gasteiger partial charge >= 0.3 is 7.82 Å². The Kier molecular flexibility index (Phi) is 18.8. The van der Waals surface area contributed by atoms with Crippen LogP contribution in [0.25, 0.3) is 5.52 Å². The van der Waals surface area contributed by atoms with Gasteiger partial charge in [-0.1, -0.05) is 146 Å². The van der Waals surface area contributed by atoms with Crippen LogP contribution < -0.4 is 5.73 Å². The maximum absolute atomic E-state index is 13.0. The van der Waals surface area contributed by atoms with E-state index in [1.807, 2.05) is 36.4 Å². The molecular weight excluding hydrogens is 709 g/mol. The lowest BCUT2D eigenvalue weighted by molar-refractivity contribution is -0.0658. The van der Waals surface area contributed by atoms with Gasteiger partial charge in [-0.25, -0.2) is 14.1 Å². The Morgan fingerprint density at radius 2 is 1.50 bits per heavy atom. The van der Waals surface area contributed by atoms with Crippen LogP contribution in [0, 0.1) is 11.3 Å². The Bertz CT molecular complexity index is 1590. The number of nitrogens with two attached hydrogens (primary N) is 1. The van der Waals surface area contributed by atoms with Crippen molar-refractivity contribution in [2.75, 3.05) is 18.9 Å². The van der Waals surface area contributed by atoms with Crippen molar-refractivity contribution in [1.82, 2.24) is 14.6 Å². The van der Waals surface area contributed by atoms with E-state index >= 15 is 0 Å². The lowest BCUT2D eigenvalue weighted by atomic mass is 9.92. The van der Waals surface area contributed by atoms with E-state index in [1.54, 1.807) is 6.07 Å². The number of phosphoric acid groups is 1. The Labute approximate surface area is 320 Å². The van der Waals surface area contributed by atoms with Gasteiger partial charge in [0.1, 0.15) is 36.2 Å². The van der Waals surface area contributed by atoms with Gasteiger partial charge in [-0.2, -0.15) is 10.4 Å². The van der Waals surface area contributed by atoms with Gasteiger partial charge in [-0.15, -0.1) is 0 Å². The number of rotatable bonds is 28. The van der Waals surface area contributed by atoms with E-state index < -0.39 is 44.4 Å². The number of aliphatic hydroxyl groups excluding tert-OH is 2. The molecule has 1 unspecified atom stereocenters. The third-order valence-corrected chi connectivity index (χ3v) is 11.2. The summed E-state index contributed by atoms with van der Waals surface area (Å²) >= 11 is 0. The SMILES string of the molecule is CCCCCCCCCCCCCCCCCCC[C@H](COP(=O)(O)OC[C@H]1O[C@@](C#N)(c2ccc3c(N)ncnn23)[C@H](O)[C@@H]1O)OCc1ccccc1. The highest BCUT2D eigenvalue weighted by Crippen LogP contribution is 2.46. The van der Waals surface area contributed by atoms with Crippen LogP contribution in [-0.2, 0) is 35.3 Å². The van der Waals surface area contributed by atoms with E-state index in [0.29, 0.717) is 18.5 Å². The van der Waals surface area contributed by atoms with Gasteiger partial charge in [-0.3, -0.25) is 9.05 Å². The molecule has 0 aliphatic carbocycles. The molecule has 0 saturated carbocycles. The second-order valence-corrected chi connectivity index (χ2v) is 16.0. The van der Waals surface area contributed by atoms with Crippen molar-refractivity contribution in [3.63, 3.8) is 0 Å². The zero-order chi connectivity index (χ0) is 38.7. The number of nitrogen functional groups attached to an aromatic ring is 1. The molecule has 300 valence electrons. The average Bonchev–Trinajstić information content (AvgIpc) is 3.72. The van der Waals surface area contributed by atoms with Crippen molar-refractivity contribution in [2.45, 2.75) is 159 Å². The highest BCUT2D eigenvalue weighted by Gasteiger charge is 2.58. The zero-order valence-corrected chi connectivity index (χ0v) is 32.9. The van der Waals surface area contributed by atoms with E-state index in [9.17, 15) is 24.9 Å². The van der Waals surface area contributed by atoms with E-state index in [4.69, 9.17) is 24.3 Å². The normalized spacial score (nSPS) is 21.6. The Balaban J connectivity index is 1.17. The van der Waals surface area contributed by atoms with Crippen LogP contribution in [0.5, 0.6) is 0 Å². The summed E-state index contributed by atoms with van der Waals surface area (Å²) in [5, 5.41) is 36.0. The number of benzene rings is 1. The molecule has 1 saturated heterocycles. The van der Waals surface area contributed by atoms with Crippen LogP contribution in [-0.4, -0.2) is 67.3 Å². The minimum atomic E-state index is -4.65. The molecule has 1 fully saturated rings. The minimum absolute atomic E-state index is 0.106. The van der Waals surface area contributed by atoms with Crippen molar-refractivity contribution < 1.29 is 38.2 Å². The molecule has 3 aromatic rings. The monoisotopic (exact) mass is 771 g/mol. The fourth-order valence-corrected chi connectivity index (χ4v) is 7.80. The fourth-order valence-electron chi connectivity index (χ4n) is 7.03. The quantitative estimate of drug-likeness (QED) is 0.0412. The Morgan fingerprint density at radius 1 is 0.907 bits per heavy atom. The maximum atomic E-state index is 13.0. The zero-order valence-electron chi connectivity index (χ0n) is 32.0. The molecule has 6 atom stereocenters. The van der Waals surface area contributed by atoms with Crippen molar-refractivity contribution >= 4 is 19.2 Å². The van der Waals surface area contributed by atoms with Crippen molar-refractivity contribution in [3.8, 4) is 6.07 Å². The predicted molar refractivity (Wildman–Crippen MR) is 207 cm³/mol. The summed E-state index contributed by atoms with van der Waals surface area (Å²) in [6.07, 6.45) is 18.5. The first-order valence-corrected chi connectivity index (χ1v) is 21.5. The van der Waals surface area contributed by atoms with Gasteiger partial charge < -0.3 is 30.3 Å². The third-order valence-electron chi connectivity index (χ3n) is 10.3. The van der Waals surface area contributed by atoms with Crippen molar-refractivity contribution in [1.29, 1.82) is 5.26 Å². The largest absolute Gasteiger partial charge is 0.472 e. The van der Waals surface area contributed by atoms with Gasteiger partial charge in [0.05, 0.1) is 31.6 Å². The summed E-state index contributed by atoms with van der Waals surface area (Å²) in [5.74, 6) is 0.145. The van der Waals surface area contributed by atoms with Gasteiger partial charge in [0.15, 0.2) is 5.82 Å². The molecule has 0 spiro atoms. The number of ether oxygens (including phenoxy) is 2. The van der Waals surface area contributed by atoms with Crippen LogP contribution >= 0.6 is 7.82 Å². The molecule has 0 amide bonds. The first-order valence-electron chi connectivity index (χ1n) is 20.0. The summed E-state index contributed by atoms with van der Waals surface area (Å²) < 4.78 is 36.8. The number of nitriles is 1. The number of aromatic nitrogens is 3. The average molecular weight is 772 g/mol. The second-order valence-electron chi connectivity index (χ2n) is 14.5. The summed E-state index contributed by atoms with van der Waals surface area (Å²) in [6.45, 7) is 1.77. The number of phosphoric ester groups is 1. The second kappa shape index (κ2) is 23.2. The summed E-state index contributed by atoms with van der Waals surface area (Å²) in [5.41, 5.74) is 5.31. The number of nitrogens with zero attached hydrogens (tertiary/aromatic N) is 4. The van der Waals surface area contributed by atoms with E-state index in [2.05, 4.69) is 17.0 Å². The van der Waals surface area contributed by atoms with Crippen LogP contribution in [0.4, 0.5) is 5.82 Å². The number of anilines is 1. The summed E-state index contributed by atoms with van der Waals surface area (Å²) in [6, 6.07) is 14.7. The standard InChI is InChI=1S/C40H62N5O8P/c1-2-3-4-5-6-7-8-9-10-11-12-13-14-15-16-17-21-24-33(50-27-32-22-19-18-20-23-32)28-51-54(48,49)52-29-35-37(46)38(47)40(30-41,53-35)36-26-25-34-39(42)43-31-44-45(34)36/h18-20,22-23,25-26,31,33,35,37-38,46-47H,2-17,21,24,27-29H2,1H3,(H,48,49)(H2,42,43,44)/t33-,35-,37-,38-,40+/m1/s1. The molecule has 1 aromatic carbocycles. The Hall–Kier alpha value is -2.92. The summed E-state index contributed by atoms with van der Waals surface area (Å²) in [7, 11) is -4.65. The molecule has 0 bridgehead atoms. The van der Waals surface area contributed by atoms with E-state index in [-0.39, 0.29) is 18.1 Å². The van der Waals surface area contributed by atoms with Gasteiger partial charge in [0, 0.05) is 0 Å². The van der Waals surface area contributed by atoms with E-state index in [0.717, 1.165) is 24.8 Å². The smallest absolute Gasteiger partial charge is 0.387 e.